The van der Waals surface area contributed by atoms with Gasteiger partial charge >= 0.3 is 0 Å². The van der Waals surface area contributed by atoms with Crippen LogP contribution in [0.15, 0.2) is 42.5 Å². The molecule has 102 valence electrons. The molecule has 1 aromatic heterocycles. The second kappa shape index (κ2) is 5.80. The predicted octanol–water partition coefficient (Wildman–Crippen LogP) is 5.77. The number of benzene rings is 2. The van der Waals surface area contributed by atoms with E-state index in [9.17, 15) is 4.39 Å². The summed E-state index contributed by atoms with van der Waals surface area (Å²) in [5, 5.41) is 1.20. The highest BCUT2D eigenvalue weighted by molar-refractivity contribution is 9.09. The molecule has 0 aliphatic rings. The summed E-state index contributed by atoms with van der Waals surface area (Å²) in [6.07, 6.45) is 0.751. The van der Waals surface area contributed by atoms with E-state index in [1.165, 1.54) is 10.8 Å². The first kappa shape index (κ1) is 14.0. The van der Waals surface area contributed by atoms with E-state index in [0.29, 0.717) is 0 Å². The topological polar surface area (TPSA) is 12.9 Å². The summed E-state index contributed by atoms with van der Waals surface area (Å²) in [6, 6.07) is 12.9. The lowest BCUT2D eigenvalue weighted by Gasteiger charge is -2.08. The number of fused-ring (bicyclic) bond motifs is 1. The molecule has 1 atom stereocenters. The van der Waals surface area contributed by atoms with E-state index >= 15 is 0 Å². The van der Waals surface area contributed by atoms with Gasteiger partial charge in [-0.2, -0.15) is 0 Å². The maximum absolute atomic E-state index is 13.2. The van der Waals surface area contributed by atoms with E-state index in [1.54, 1.807) is 23.5 Å². The van der Waals surface area contributed by atoms with Crippen molar-refractivity contribution in [2.45, 2.75) is 11.2 Å². The van der Waals surface area contributed by atoms with Crippen LogP contribution in [0, 0.1) is 5.82 Å². The Morgan fingerprint density at radius 1 is 1.25 bits per heavy atom. The van der Waals surface area contributed by atoms with Crippen LogP contribution < -0.4 is 0 Å². The largest absolute Gasteiger partial charge is 0.241 e. The summed E-state index contributed by atoms with van der Waals surface area (Å²) >= 11 is 11.1. The molecule has 3 aromatic rings. The van der Waals surface area contributed by atoms with E-state index in [-0.39, 0.29) is 9.85 Å². The van der Waals surface area contributed by atoms with Gasteiger partial charge < -0.3 is 0 Å². The van der Waals surface area contributed by atoms with Crippen LogP contribution in [-0.4, -0.2) is 4.98 Å². The van der Waals surface area contributed by atoms with Crippen LogP contribution in [0.4, 0.5) is 4.39 Å². The molecule has 0 fully saturated rings. The van der Waals surface area contributed by atoms with Gasteiger partial charge in [0.05, 0.1) is 20.2 Å². The number of hydrogen-bond donors (Lipinski definition) is 0. The summed E-state index contributed by atoms with van der Waals surface area (Å²) in [4.78, 5) is 4.67. The Bertz CT molecular complexity index is 725. The van der Waals surface area contributed by atoms with Crippen molar-refractivity contribution in [3.05, 3.63) is 63.9 Å². The van der Waals surface area contributed by atoms with Gasteiger partial charge in [-0.15, -0.1) is 11.3 Å². The number of aromatic nitrogens is 1. The van der Waals surface area contributed by atoms with E-state index in [0.717, 1.165) is 22.5 Å². The minimum absolute atomic E-state index is 0.0705. The summed E-state index contributed by atoms with van der Waals surface area (Å²) < 4.78 is 14.4. The van der Waals surface area contributed by atoms with Crippen LogP contribution in [-0.2, 0) is 6.42 Å². The summed E-state index contributed by atoms with van der Waals surface area (Å²) in [5.41, 5.74) is 1.97. The fourth-order valence-electron chi connectivity index (χ4n) is 1.99. The number of thiazole rings is 1. The van der Waals surface area contributed by atoms with Gasteiger partial charge in [0.2, 0.25) is 0 Å². The molecule has 0 spiro atoms. The average Bonchev–Trinajstić information content (AvgIpc) is 2.83. The lowest BCUT2D eigenvalue weighted by Crippen LogP contribution is -1.95. The summed E-state index contributed by atoms with van der Waals surface area (Å²) in [6.45, 7) is 0. The van der Waals surface area contributed by atoms with Crippen LogP contribution >= 0.6 is 38.9 Å². The molecule has 0 aliphatic carbocycles. The van der Waals surface area contributed by atoms with Gasteiger partial charge in [-0.25, -0.2) is 9.37 Å². The van der Waals surface area contributed by atoms with Crippen LogP contribution in [0.3, 0.4) is 0 Å². The van der Waals surface area contributed by atoms with Gasteiger partial charge in [0.15, 0.2) is 0 Å². The van der Waals surface area contributed by atoms with E-state index in [4.69, 9.17) is 11.6 Å². The highest BCUT2D eigenvalue weighted by atomic mass is 79.9. The van der Waals surface area contributed by atoms with E-state index in [1.807, 2.05) is 18.2 Å². The van der Waals surface area contributed by atoms with Crippen molar-refractivity contribution in [1.82, 2.24) is 4.98 Å². The molecule has 0 saturated heterocycles. The molecule has 0 amide bonds. The first-order chi connectivity index (χ1) is 9.63. The monoisotopic (exact) mass is 369 g/mol. The molecule has 0 bridgehead atoms. The molecular formula is C15H10BrClFNS. The zero-order chi connectivity index (χ0) is 14.1. The van der Waals surface area contributed by atoms with E-state index < -0.39 is 5.82 Å². The maximum Gasteiger partial charge on any atom is 0.141 e. The van der Waals surface area contributed by atoms with Crippen LogP contribution in [0.5, 0.6) is 0 Å². The average molecular weight is 371 g/mol. The van der Waals surface area contributed by atoms with Crippen molar-refractivity contribution < 1.29 is 4.39 Å². The Hall–Kier alpha value is -0.970. The quantitative estimate of drug-likeness (QED) is 0.533. The molecule has 3 rings (SSSR count). The van der Waals surface area contributed by atoms with Crippen LogP contribution in [0.2, 0.25) is 5.02 Å². The summed E-state index contributed by atoms with van der Waals surface area (Å²) in [7, 11) is 0. The minimum atomic E-state index is -0.393. The van der Waals surface area contributed by atoms with Crippen LogP contribution in [0.25, 0.3) is 10.2 Å². The Morgan fingerprint density at radius 2 is 2.05 bits per heavy atom. The molecule has 0 aliphatic heterocycles. The maximum atomic E-state index is 13.2. The molecule has 1 nitrogen and oxygen atoms in total. The smallest absolute Gasteiger partial charge is 0.141 e. The standard InChI is InChI=1S/C15H10BrClFNS/c16-10(9-5-6-12(18)11(17)7-9)8-15-19-13-3-1-2-4-14(13)20-15/h1-7,10H,8H2. The van der Waals surface area contributed by atoms with Gasteiger partial charge in [-0.1, -0.05) is 45.7 Å². The third kappa shape index (κ3) is 2.87. The lowest BCUT2D eigenvalue weighted by atomic mass is 10.1. The van der Waals surface area contributed by atoms with Crippen molar-refractivity contribution in [2.24, 2.45) is 0 Å². The lowest BCUT2D eigenvalue weighted by molar-refractivity contribution is 0.627. The van der Waals surface area contributed by atoms with Gasteiger partial charge in [0.25, 0.3) is 0 Å². The molecule has 2 aromatic carbocycles. The predicted molar refractivity (Wildman–Crippen MR) is 86.4 cm³/mol. The molecule has 1 heterocycles. The second-order valence-corrected chi connectivity index (χ2v) is 7.05. The fourth-order valence-corrected chi connectivity index (χ4v) is 3.99. The highest BCUT2D eigenvalue weighted by Crippen LogP contribution is 2.32. The van der Waals surface area contributed by atoms with Gasteiger partial charge in [-0.3, -0.25) is 0 Å². The summed E-state index contributed by atoms with van der Waals surface area (Å²) in [5.74, 6) is -0.393. The number of halogens is 3. The van der Waals surface area contributed by atoms with Gasteiger partial charge in [0.1, 0.15) is 5.82 Å². The van der Waals surface area contributed by atoms with Crippen molar-refractivity contribution in [1.29, 1.82) is 0 Å². The first-order valence-corrected chi connectivity index (χ1v) is 8.18. The molecule has 1 unspecified atom stereocenters. The molecule has 0 radical (unpaired) electrons. The number of nitrogens with zero attached hydrogens (tertiary/aromatic N) is 1. The second-order valence-electron chi connectivity index (χ2n) is 4.42. The van der Waals surface area contributed by atoms with Crippen LogP contribution in [0.1, 0.15) is 15.4 Å². The Labute approximate surface area is 133 Å². The number of hydrogen-bond acceptors (Lipinski definition) is 2. The van der Waals surface area contributed by atoms with Crippen molar-refractivity contribution >= 4 is 49.1 Å². The van der Waals surface area contributed by atoms with Gasteiger partial charge in [0, 0.05) is 11.2 Å². The zero-order valence-corrected chi connectivity index (χ0v) is 13.5. The van der Waals surface area contributed by atoms with Crippen molar-refractivity contribution in [2.75, 3.05) is 0 Å². The molecular weight excluding hydrogens is 361 g/mol. The number of para-hydroxylation sites is 1. The first-order valence-electron chi connectivity index (χ1n) is 6.07. The Morgan fingerprint density at radius 3 is 2.80 bits per heavy atom. The third-order valence-corrected chi connectivity index (χ3v) is 5.20. The Balaban J connectivity index is 1.84. The van der Waals surface area contributed by atoms with E-state index in [2.05, 4.69) is 27.0 Å². The molecule has 20 heavy (non-hydrogen) atoms. The Kier molecular flexibility index (Phi) is 4.06. The van der Waals surface area contributed by atoms with Crippen molar-refractivity contribution in [3.8, 4) is 0 Å². The normalized spacial score (nSPS) is 12.8. The third-order valence-electron chi connectivity index (χ3n) is 3.00. The fraction of sp³-hybridized carbons (Fsp3) is 0.133. The SMILES string of the molecule is Fc1ccc(C(Br)Cc2nc3ccccc3s2)cc1Cl. The minimum Gasteiger partial charge on any atom is -0.241 e. The van der Waals surface area contributed by atoms with Gasteiger partial charge in [-0.05, 0) is 29.8 Å². The molecule has 0 N–H and O–H groups in total. The highest BCUT2D eigenvalue weighted by Gasteiger charge is 2.13. The zero-order valence-electron chi connectivity index (χ0n) is 10.3. The van der Waals surface area contributed by atoms with Crippen molar-refractivity contribution in [3.63, 3.8) is 0 Å². The molecule has 5 heteroatoms. The number of rotatable bonds is 3. The molecule has 0 saturated carbocycles. The number of alkyl halides is 1.